The van der Waals surface area contributed by atoms with Gasteiger partial charge in [0.15, 0.2) is 5.16 Å². The molecule has 2 heterocycles. The second-order valence-electron chi connectivity index (χ2n) is 6.63. The summed E-state index contributed by atoms with van der Waals surface area (Å²) < 4.78 is 7.58. The zero-order valence-electron chi connectivity index (χ0n) is 16.4. The maximum Gasteiger partial charge on any atom is 0.233 e. The van der Waals surface area contributed by atoms with Gasteiger partial charge in [-0.05, 0) is 38.3 Å². The van der Waals surface area contributed by atoms with Crippen molar-refractivity contribution in [3.8, 4) is 11.4 Å². The first-order valence-electron chi connectivity index (χ1n) is 9.54. The minimum atomic E-state index is -0.313. The van der Waals surface area contributed by atoms with Gasteiger partial charge in [0.2, 0.25) is 11.9 Å². The van der Waals surface area contributed by atoms with Gasteiger partial charge in [-0.2, -0.15) is 0 Å². The van der Waals surface area contributed by atoms with Crippen molar-refractivity contribution in [2.75, 3.05) is 31.6 Å². The summed E-state index contributed by atoms with van der Waals surface area (Å²) in [7, 11) is 1.65. The van der Waals surface area contributed by atoms with E-state index >= 15 is 0 Å². The van der Waals surface area contributed by atoms with E-state index in [1.165, 1.54) is 18.2 Å². The molecule has 150 valence electrons. The van der Waals surface area contributed by atoms with Crippen LogP contribution in [0.15, 0.2) is 42.1 Å². The van der Waals surface area contributed by atoms with Crippen molar-refractivity contribution in [1.82, 2.24) is 20.1 Å². The molecule has 8 heteroatoms. The van der Waals surface area contributed by atoms with Gasteiger partial charge in [-0.3, -0.25) is 9.36 Å². The SMILES string of the molecule is C=CCNC(=O)C(C)Sc1nnc(N2CCCCC2)n1-c1ccccc1OC. The van der Waals surface area contributed by atoms with Crippen LogP contribution in [0.3, 0.4) is 0 Å². The number of hydrogen-bond donors (Lipinski definition) is 1. The van der Waals surface area contributed by atoms with Crippen LogP contribution in [0.2, 0.25) is 0 Å². The number of anilines is 1. The van der Waals surface area contributed by atoms with Crippen molar-refractivity contribution in [3.63, 3.8) is 0 Å². The topological polar surface area (TPSA) is 72.3 Å². The Kier molecular flexibility index (Phi) is 6.97. The van der Waals surface area contributed by atoms with E-state index in [-0.39, 0.29) is 11.2 Å². The average molecular weight is 402 g/mol. The van der Waals surface area contributed by atoms with Crippen molar-refractivity contribution in [2.24, 2.45) is 0 Å². The number of para-hydroxylation sites is 2. The number of carbonyl (C=O) groups excluding carboxylic acids is 1. The number of ether oxygens (including phenoxy) is 1. The van der Waals surface area contributed by atoms with Gasteiger partial charge in [0.25, 0.3) is 0 Å². The predicted molar refractivity (Wildman–Crippen MR) is 113 cm³/mol. The Hall–Kier alpha value is -2.48. The fourth-order valence-corrected chi connectivity index (χ4v) is 4.07. The summed E-state index contributed by atoms with van der Waals surface area (Å²) in [6.07, 6.45) is 5.19. The molecule has 1 N–H and O–H groups in total. The Morgan fingerprint density at radius 2 is 2.07 bits per heavy atom. The van der Waals surface area contributed by atoms with Crippen LogP contribution in [-0.4, -0.2) is 52.7 Å². The van der Waals surface area contributed by atoms with Gasteiger partial charge in [0, 0.05) is 19.6 Å². The molecule has 1 aromatic carbocycles. The maximum absolute atomic E-state index is 12.3. The van der Waals surface area contributed by atoms with Crippen molar-refractivity contribution >= 4 is 23.6 Å². The molecule has 28 heavy (non-hydrogen) atoms. The Labute approximate surface area is 170 Å². The molecule has 0 saturated carbocycles. The summed E-state index contributed by atoms with van der Waals surface area (Å²) in [6.45, 7) is 7.85. The van der Waals surface area contributed by atoms with Crippen LogP contribution < -0.4 is 15.0 Å². The fraction of sp³-hybridized carbons (Fsp3) is 0.450. The van der Waals surface area contributed by atoms with Gasteiger partial charge < -0.3 is 15.0 Å². The molecule has 0 aliphatic carbocycles. The molecule has 1 atom stereocenters. The summed E-state index contributed by atoms with van der Waals surface area (Å²) in [4.78, 5) is 14.6. The van der Waals surface area contributed by atoms with Crippen LogP contribution in [0.1, 0.15) is 26.2 Å². The lowest BCUT2D eigenvalue weighted by Gasteiger charge is -2.28. The Bertz CT molecular complexity index is 817. The molecule has 0 bridgehead atoms. The van der Waals surface area contributed by atoms with Gasteiger partial charge in [-0.15, -0.1) is 16.8 Å². The zero-order valence-corrected chi connectivity index (χ0v) is 17.2. The zero-order chi connectivity index (χ0) is 19.9. The van der Waals surface area contributed by atoms with E-state index in [1.54, 1.807) is 13.2 Å². The number of carbonyl (C=O) groups is 1. The van der Waals surface area contributed by atoms with E-state index in [1.807, 2.05) is 35.8 Å². The lowest BCUT2D eigenvalue weighted by atomic mass is 10.1. The highest BCUT2D eigenvalue weighted by molar-refractivity contribution is 8.00. The summed E-state index contributed by atoms with van der Waals surface area (Å²) in [6, 6.07) is 7.81. The monoisotopic (exact) mass is 401 g/mol. The van der Waals surface area contributed by atoms with Crippen LogP contribution in [0.4, 0.5) is 5.95 Å². The molecule has 1 unspecified atom stereocenters. The largest absolute Gasteiger partial charge is 0.495 e. The van der Waals surface area contributed by atoms with Gasteiger partial charge in [0.1, 0.15) is 5.75 Å². The molecular formula is C20H27N5O2S. The first-order valence-corrected chi connectivity index (χ1v) is 10.4. The van der Waals surface area contributed by atoms with Crippen LogP contribution in [0, 0.1) is 0 Å². The van der Waals surface area contributed by atoms with Gasteiger partial charge in [0.05, 0.1) is 18.0 Å². The lowest BCUT2D eigenvalue weighted by Crippen LogP contribution is -2.32. The molecule has 0 radical (unpaired) electrons. The molecule has 1 aromatic heterocycles. The average Bonchev–Trinajstić information content (AvgIpc) is 3.15. The number of methoxy groups -OCH3 is 1. The van der Waals surface area contributed by atoms with E-state index in [0.29, 0.717) is 11.7 Å². The molecule has 1 aliphatic heterocycles. The molecule has 1 aliphatic rings. The second-order valence-corrected chi connectivity index (χ2v) is 7.94. The minimum absolute atomic E-state index is 0.0565. The van der Waals surface area contributed by atoms with Crippen molar-refractivity contribution in [2.45, 2.75) is 36.6 Å². The van der Waals surface area contributed by atoms with Crippen LogP contribution in [0.25, 0.3) is 5.69 Å². The molecule has 7 nitrogen and oxygen atoms in total. The first-order chi connectivity index (χ1) is 13.7. The number of piperidine rings is 1. The molecule has 1 amide bonds. The number of aromatic nitrogens is 3. The van der Waals surface area contributed by atoms with Crippen molar-refractivity contribution in [3.05, 3.63) is 36.9 Å². The normalized spacial score (nSPS) is 15.1. The van der Waals surface area contributed by atoms with Crippen LogP contribution in [0.5, 0.6) is 5.75 Å². The number of hydrogen-bond acceptors (Lipinski definition) is 6. The molecule has 0 spiro atoms. The van der Waals surface area contributed by atoms with Crippen LogP contribution >= 0.6 is 11.8 Å². The molecule has 1 fully saturated rings. The predicted octanol–water partition coefficient (Wildman–Crippen LogP) is 3.05. The molecule has 1 saturated heterocycles. The third kappa shape index (κ3) is 4.49. The summed E-state index contributed by atoms with van der Waals surface area (Å²) >= 11 is 1.39. The van der Waals surface area contributed by atoms with E-state index in [9.17, 15) is 4.79 Å². The summed E-state index contributed by atoms with van der Waals surface area (Å²) in [5.41, 5.74) is 0.872. The fourth-order valence-electron chi connectivity index (χ4n) is 3.19. The second kappa shape index (κ2) is 9.64. The highest BCUT2D eigenvalue weighted by Crippen LogP contribution is 2.34. The molecular weight excluding hydrogens is 374 g/mol. The maximum atomic E-state index is 12.3. The van der Waals surface area contributed by atoms with Crippen molar-refractivity contribution < 1.29 is 9.53 Å². The number of amides is 1. The number of nitrogens with one attached hydrogen (secondary N) is 1. The summed E-state index contributed by atoms with van der Waals surface area (Å²) in [5, 5.41) is 12.1. The highest BCUT2D eigenvalue weighted by Gasteiger charge is 2.25. The Morgan fingerprint density at radius 3 is 2.79 bits per heavy atom. The molecule has 2 aromatic rings. The smallest absolute Gasteiger partial charge is 0.233 e. The molecule has 3 rings (SSSR count). The first kappa shape index (κ1) is 20.3. The lowest BCUT2D eigenvalue weighted by molar-refractivity contribution is -0.120. The van der Waals surface area contributed by atoms with Gasteiger partial charge in [-0.25, -0.2) is 0 Å². The van der Waals surface area contributed by atoms with E-state index < -0.39 is 0 Å². The number of nitrogens with zero attached hydrogens (tertiary/aromatic N) is 4. The number of thioether (sulfide) groups is 1. The Morgan fingerprint density at radius 1 is 1.32 bits per heavy atom. The standard InChI is InChI=1S/C20H27N5O2S/c1-4-12-21-18(26)15(2)28-20-23-22-19(24-13-8-5-9-14-24)25(20)16-10-6-7-11-17(16)27-3/h4,6-7,10-11,15H,1,5,8-9,12-14H2,2-3H3,(H,21,26). The third-order valence-corrected chi connectivity index (χ3v) is 5.70. The Balaban J connectivity index is 1.97. The van der Waals surface area contributed by atoms with Crippen molar-refractivity contribution in [1.29, 1.82) is 0 Å². The van der Waals surface area contributed by atoms with E-state index in [2.05, 4.69) is 27.0 Å². The van der Waals surface area contributed by atoms with Gasteiger partial charge >= 0.3 is 0 Å². The summed E-state index contributed by atoms with van der Waals surface area (Å²) in [5.74, 6) is 1.48. The number of benzene rings is 1. The minimum Gasteiger partial charge on any atom is -0.495 e. The quantitative estimate of drug-likeness (QED) is 0.541. The number of rotatable bonds is 8. The van der Waals surface area contributed by atoms with E-state index in [0.717, 1.165) is 43.3 Å². The van der Waals surface area contributed by atoms with E-state index in [4.69, 9.17) is 4.74 Å². The third-order valence-electron chi connectivity index (χ3n) is 4.65. The highest BCUT2D eigenvalue weighted by atomic mass is 32.2. The van der Waals surface area contributed by atoms with Crippen LogP contribution in [-0.2, 0) is 4.79 Å². The van der Waals surface area contributed by atoms with Gasteiger partial charge in [-0.1, -0.05) is 30.0 Å².